The van der Waals surface area contributed by atoms with Gasteiger partial charge in [-0.1, -0.05) is 12.1 Å². The summed E-state index contributed by atoms with van der Waals surface area (Å²) < 4.78 is 27.7. The van der Waals surface area contributed by atoms with Gasteiger partial charge >= 0.3 is 18.3 Å². The van der Waals surface area contributed by atoms with Crippen LogP contribution in [0.15, 0.2) is 33.9 Å². The number of methoxy groups -OCH3 is 1. The number of amides is 2. The van der Waals surface area contributed by atoms with Gasteiger partial charge in [0.1, 0.15) is 28.3 Å². The zero-order valence-electron chi connectivity index (χ0n) is 27.1. The summed E-state index contributed by atoms with van der Waals surface area (Å²) in [5.74, 6) is 0.641. The van der Waals surface area contributed by atoms with Crippen LogP contribution in [0.2, 0.25) is 0 Å². The number of alkyl carbamates (subject to hydrolysis) is 1. The molecule has 1 heterocycles. The fraction of sp³-hybridized carbons (Fsp3) is 0.581. The molecule has 1 aliphatic heterocycles. The second-order valence-electron chi connectivity index (χ2n) is 12.5. The number of carbonyl (C=O) groups is 3. The molecule has 1 saturated heterocycles. The van der Waals surface area contributed by atoms with E-state index in [2.05, 4.69) is 16.0 Å². The number of benzene rings is 1. The van der Waals surface area contributed by atoms with Crippen LogP contribution in [0.3, 0.4) is 0 Å². The molecule has 0 bridgehead atoms. The molecule has 14 heteroatoms. The molecule has 1 aliphatic rings. The Bertz CT molecular complexity index is 1400. The van der Waals surface area contributed by atoms with E-state index in [0.29, 0.717) is 12.3 Å². The molecule has 1 fully saturated rings. The molecule has 2 amide bonds. The van der Waals surface area contributed by atoms with Crippen molar-refractivity contribution >= 4 is 29.7 Å². The maximum Gasteiger partial charge on any atom is 0.509 e. The van der Waals surface area contributed by atoms with Crippen LogP contribution in [0.25, 0.3) is 0 Å². The minimum Gasteiger partial charge on any atom is -0.497 e. The van der Waals surface area contributed by atoms with Crippen LogP contribution < -0.4 is 31.5 Å². The van der Waals surface area contributed by atoms with Crippen LogP contribution in [0.1, 0.15) is 54.0 Å². The van der Waals surface area contributed by atoms with Gasteiger partial charge in [0, 0.05) is 19.6 Å². The molecular weight excluding hydrogens is 588 g/mol. The smallest absolute Gasteiger partial charge is 0.497 e. The lowest BCUT2D eigenvalue weighted by molar-refractivity contribution is -0.0517. The van der Waals surface area contributed by atoms with Crippen LogP contribution in [0.4, 0.5) is 25.8 Å². The number of likely N-dealkylation sites (tertiary alicyclic amines) is 1. The number of nitrogens with one attached hydrogen (secondary N) is 3. The number of rotatable bonds is 11. The summed E-state index contributed by atoms with van der Waals surface area (Å²) in [5.41, 5.74) is -1.73. The van der Waals surface area contributed by atoms with Gasteiger partial charge in [-0.15, -0.1) is 0 Å². The first kappa shape index (κ1) is 35.0. The second kappa shape index (κ2) is 14.5. The molecule has 0 unspecified atom stereocenters. The standard InChI is InChI=1S/C31H44N4O10/c1-9-32-22-23(25(37)24(22)36)33-14-15-34-27(38)43-26-20(16-18-10-12-19(41-8)13-11-18)35(28(39)44-30(2,3)4)17-21(26)42-29(40)45-31(5,6)7/h10-13,20-21,26,32-33H,9,14-17H2,1-8H3,(H,34,38)/t20-,21+,26+/m1/s1. The molecular formula is C31H44N4O10. The first-order chi connectivity index (χ1) is 21.0. The van der Waals surface area contributed by atoms with Crippen LogP contribution >= 0.6 is 0 Å². The highest BCUT2D eigenvalue weighted by Crippen LogP contribution is 2.30. The van der Waals surface area contributed by atoms with Crippen LogP contribution in [0.5, 0.6) is 5.75 Å². The van der Waals surface area contributed by atoms with Crippen molar-refractivity contribution in [3.63, 3.8) is 0 Å². The van der Waals surface area contributed by atoms with Gasteiger partial charge in [-0.3, -0.25) is 14.5 Å². The molecule has 248 valence electrons. The van der Waals surface area contributed by atoms with E-state index in [9.17, 15) is 24.0 Å². The Morgan fingerprint density at radius 1 is 0.867 bits per heavy atom. The van der Waals surface area contributed by atoms with Crippen molar-refractivity contribution in [2.45, 2.75) is 84.3 Å². The fourth-order valence-electron chi connectivity index (χ4n) is 4.70. The molecule has 3 N–H and O–H groups in total. The van der Waals surface area contributed by atoms with E-state index in [4.69, 9.17) is 23.7 Å². The molecule has 14 nitrogen and oxygen atoms in total. The van der Waals surface area contributed by atoms with Crippen LogP contribution in [0, 0.1) is 0 Å². The zero-order valence-corrected chi connectivity index (χ0v) is 27.1. The lowest BCUT2D eigenvalue weighted by Gasteiger charge is -2.30. The van der Waals surface area contributed by atoms with E-state index < -0.39 is 58.7 Å². The van der Waals surface area contributed by atoms with Gasteiger partial charge in [-0.25, -0.2) is 14.4 Å². The third kappa shape index (κ3) is 9.75. The van der Waals surface area contributed by atoms with E-state index in [-0.39, 0.29) is 37.4 Å². The monoisotopic (exact) mass is 632 g/mol. The Labute approximate surface area is 262 Å². The highest BCUT2D eigenvalue weighted by Gasteiger charge is 2.50. The number of anilines is 2. The predicted molar refractivity (Wildman–Crippen MR) is 167 cm³/mol. The highest BCUT2D eigenvalue weighted by molar-refractivity contribution is 5.74. The summed E-state index contributed by atoms with van der Waals surface area (Å²) in [6.45, 7) is 12.5. The van der Waals surface area contributed by atoms with Gasteiger partial charge < -0.3 is 39.6 Å². The summed E-state index contributed by atoms with van der Waals surface area (Å²) in [6.07, 6.45) is -4.44. The van der Waals surface area contributed by atoms with E-state index in [1.165, 1.54) is 4.90 Å². The van der Waals surface area contributed by atoms with Crippen LogP contribution in [-0.2, 0) is 25.4 Å². The number of hydrogen-bond acceptors (Lipinski definition) is 12. The Balaban J connectivity index is 1.81. The van der Waals surface area contributed by atoms with Gasteiger partial charge in [0.25, 0.3) is 10.9 Å². The first-order valence-electron chi connectivity index (χ1n) is 14.8. The maximum atomic E-state index is 13.4. The fourth-order valence-corrected chi connectivity index (χ4v) is 4.70. The lowest BCUT2D eigenvalue weighted by atomic mass is 10.0. The quantitative estimate of drug-likeness (QED) is 0.143. The highest BCUT2D eigenvalue weighted by atomic mass is 16.7. The van der Waals surface area contributed by atoms with Crippen molar-refractivity contribution in [1.29, 1.82) is 0 Å². The average molecular weight is 633 g/mol. The molecule has 0 saturated carbocycles. The van der Waals surface area contributed by atoms with E-state index in [1.54, 1.807) is 67.7 Å². The largest absolute Gasteiger partial charge is 0.509 e. The number of carbonyl (C=O) groups excluding carboxylic acids is 3. The van der Waals surface area contributed by atoms with Gasteiger partial charge in [-0.05, 0) is 72.6 Å². The van der Waals surface area contributed by atoms with Crippen molar-refractivity contribution in [3.05, 3.63) is 50.3 Å². The number of hydrogen-bond donors (Lipinski definition) is 3. The maximum absolute atomic E-state index is 13.4. The van der Waals surface area contributed by atoms with E-state index >= 15 is 0 Å². The molecule has 2 aromatic rings. The van der Waals surface area contributed by atoms with Gasteiger partial charge in [0.2, 0.25) is 0 Å². The van der Waals surface area contributed by atoms with Crippen molar-refractivity contribution in [1.82, 2.24) is 10.2 Å². The normalized spacial score (nSPS) is 18.2. The third-order valence-electron chi connectivity index (χ3n) is 6.59. The van der Waals surface area contributed by atoms with Crippen molar-refractivity contribution in [3.8, 4) is 5.75 Å². The zero-order chi connectivity index (χ0) is 33.5. The molecule has 2 aromatic carbocycles. The number of ether oxygens (including phenoxy) is 5. The Kier molecular flexibility index (Phi) is 11.3. The second-order valence-corrected chi connectivity index (χ2v) is 12.5. The van der Waals surface area contributed by atoms with Crippen molar-refractivity contribution < 1.29 is 38.1 Å². The minimum absolute atomic E-state index is 0.0342. The average Bonchev–Trinajstić information content (AvgIpc) is 3.26. The molecule has 3 rings (SSSR count). The summed E-state index contributed by atoms with van der Waals surface area (Å²) in [7, 11) is 1.55. The summed E-state index contributed by atoms with van der Waals surface area (Å²) >= 11 is 0. The number of nitrogens with zero attached hydrogens (tertiary/aromatic N) is 1. The Morgan fingerprint density at radius 3 is 2.02 bits per heavy atom. The lowest BCUT2D eigenvalue weighted by Crippen LogP contribution is -2.46. The van der Waals surface area contributed by atoms with Crippen LogP contribution in [-0.4, -0.2) is 86.0 Å². The summed E-state index contributed by atoms with van der Waals surface area (Å²) in [6, 6.07) is 6.39. The van der Waals surface area contributed by atoms with E-state index in [1.807, 2.05) is 12.1 Å². The van der Waals surface area contributed by atoms with Crippen molar-refractivity contribution in [2.75, 3.05) is 43.9 Å². The summed E-state index contributed by atoms with van der Waals surface area (Å²) in [5, 5.41) is 8.28. The Morgan fingerprint density at radius 2 is 1.47 bits per heavy atom. The Hall–Kier alpha value is -4.49. The molecule has 0 aliphatic carbocycles. The molecule has 0 radical (unpaired) electrons. The molecule has 3 atom stereocenters. The molecule has 0 spiro atoms. The van der Waals surface area contributed by atoms with Crippen molar-refractivity contribution in [2.24, 2.45) is 0 Å². The van der Waals surface area contributed by atoms with Gasteiger partial charge in [0.15, 0.2) is 12.2 Å². The van der Waals surface area contributed by atoms with Gasteiger partial charge in [-0.2, -0.15) is 0 Å². The SMILES string of the molecule is CCNc1c(NCCNC(=O)O[C@@H]2[C@@H](OC(=O)OC(C)(C)C)CN(C(=O)OC(C)(C)C)[C@@H]2Cc2ccc(OC)cc2)c(=O)c1=O. The minimum atomic E-state index is -1.10. The van der Waals surface area contributed by atoms with E-state index in [0.717, 1.165) is 5.56 Å². The molecule has 0 aromatic heterocycles. The first-order valence-corrected chi connectivity index (χ1v) is 14.8. The topological polar surface area (TPSA) is 171 Å². The molecule has 45 heavy (non-hydrogen) atoms. The van der Waals surface area contributed by atoms with Gasteiger partial charge in [0.05, 0.1) is 19.7 Å². The predicted octanol–water partition coefficient (Wildman–Crippen LogP) is 3.41. The third-order valence-corrected chi connectivity index (χ3v) is 6.59. The summed E-state index contributed by atoms with van der Waals surface area (Å²) in [4.78, 5) is 64.1.